The van der Waals surface area contributed by atoms with E-state index in [0.29, 0.717) is 16.8 Å². The van der Waals surface area contributed by atoms with Crippen molar-refractivity contribution >= 4 is 28.3 Å². The van der Waals surface area contributed by atoms with Gasteiger partial charge in [-0.2, -0.15) is 0 Å². The lowest BCUT2D eigenvalue weighted by atomic mass is 10.0. The number of fused-ring (bicyclic) bond motifs is 1. The molecule has 4 aromatic rings. The molecule has 0 radical (unpaired) electrons. The van der Waals surface area contributed by atoms with E-state index in [0.717, 1.165) is 27.2 Å². The highest BCUT2D eigenvalue weighted by Gasteiger charge is 2.13. The number of hydrogen-bond donors (Lipinski definition) is 0. The molecule has 0 unspecified atom stereocenters. The summed E-state index contributed by atoms with van der Waals surface area (Å²) in [5, 5.41) is 3.35. The Morgan fingerprint density at radius 3 is 2.79 bits per heavy atom. The Kier molecular flexibility index (Phi) is 5.22. The highest BCUT2D eigenvalue weighted by molar-refractivity contribution is 7.13. The van der Waals surface area contributed by atoms with E-state index >= 15 is 0 Å². The molecule has 7 heteroatoms. The van der Waals surface area contributed by atoms with Crippen LogP contribution in [0.25, 0.3) is 21.7 Å². The van der Waals surface area contributed by atoms with E-state index in [-0.39, 0.29) is 13.0 Å². The van der Waals surface area contributed by atoms with Crippen molar-refractivity contribution < 1.29 is 13.9 Å². The first-order valence-electron chi connectivity index (χ1n) is 9.05. The number of carbonyl (C=O) groups is 1. The molecule has 29 heavy (non-hydrogen) atoms. The Bertz CT molecular complexity index is 1240. The second-order valence-electron chi connectivity index (χ2n) is 6.72. The van der Waals surface area contributed by atoms with Crippen LogP contribution < -0.4 is 5.63 Å². The summed E-state index contributed by atoms with van der Waals surface area (Å²) in [5.41, 5.74) is 4.15. The lowest BCUT2D eigenvalue weighted by molar-refractivity contribution is -0.144. The molecule has 0 aliphatic rings. The minimum atomic E-state index is -0.466. The van der Waals surface area contributed by atoms with Gasteiger partial charge in [0.05, 0.1) is 17.8 Å². The number of aryl methyl sites for hydroxylation is 2. The third-order valence-electron chi connectivity index (χ3n) is 4.59. The van der Waals surface area contributed by atoms with Gasteiger partial charge in [-0.15, -0.1) is 11.3 Å². The molecule has 0 atom stereocenters. The molecule has 4 rings (SSSR count). The van der Waals surface area contributed by atoms with E-state index in [1.807, 2.05) is 49.6 Å². The van der Waals surface area contributed by atoms with E-state index < -0.39 is 11.6 Å². The molecule has 1 aromatic carbocycles. The number of ether oxygens (including phenoxy) is 1. The fourth-order valence-electron chi connectivity index (χ4n) is 2.95. The second-order valence-corrected chi connectivity index (χ2v) is 7.58. The van der Waals surface area contributed by atoms with Crippen LogP contribution in [0.2, 0.25) is 0 Å². The summed E-state index contributed by atoms with van der Waals surface area (Å²) in [7, 11) is 0. The molecular formula is C22H18N2O4S. The highest BCUT2D eigenvalue weighted by Crippen LogP contribution is 2.23. The van der Waals surface area contributed by atoms with E-state index in [1.54, 1.807) is 6.20 Å². The van der Waals surface area contributed by atoms with Gasteiger partial charge in [-0.25, -0.2) is 9.78 Å². The molecule has 0 saturated carbocycles. The number of esters is 1. The maximum absolute atomic E-state index is 12.3. The normalized spacial score (nSPS) is 11.0. The number of nitrogens with zero attached hydrogens (tertiary/aromatic N) is 2. The molecule has 3 heterocycles. The van der Waals surface area contributed by atoms with E-state index in [9.17, 15) is 9.59 Å². The number of aromatic nitrogens is 2. The average molecular weight is 406 g/mol. The van der Waals surface area contributed by atoms with Crippen LogP contribution in [0.5, 0.6) is 0 Å². The standard InChI is InChI=1S/C22H18N2O4S/c1-13-7-17-15(9-21(26)28-19(17)8-14(13)2)11-27-20(25)10-16-12-29-22(24-16)18-5-3-4-6-23-18/h3-9,12H,10-11H2,1-2H3. The number of benzene rings is 1. The zero-order valence-corrected chi connectivity index (χ0v) is 16.8. The first-order valence-corrected chi connectivity index (χ1v) is 9.93. The van der Waals surface area contributed by atoms with Crippen molar-refractivity contribution in [1.82, 2.24) is 9.97 Å². The minimum Gasteiger partial charge on any atom is -0.460 e. The summed E-state index contributed by atoms with van der Waals surface area (Å²) in [5.74, 6) is -0.409. The van der Waals surface area contributed by atoms with Gasteiger partial charge in [-0.3, -0.25) is 9.78 Å². The summed E-state index contributed by atoms with van der Waals surface area (Å²) in [4.78, 5) is 32.9. The molecule has 0 fully saturated rings. The van der Waals surface area contributed by atoms with Crippen molar-refractivity contribution in [2.24, 2.45) is 0 Å². The van der Waals surface area contributed by atoms with Crippen molar-refractivity contribution in [3.8, 4) is 10.7 Å². The molecular weight excluding hydrogens is 388 g/mol. The summed E-state index contributed by atoms with van der Waals surface area (Å²) >= 11 is 1.43. The Hall–Kier alpha value is -3.32. The monoisotopic (exact) mass is 406 g/mol. The molecule has 0 spiro atoms. The summed E-state index contributed by atoms with van der Waals surface area (Å²) in [6.45, 7) is 3.94. The van der Waals surface area contributed by atoms with Gasteiger partial charge in [0.1, 0.15) is 17.2 Å². The van der Waals surface area contributed by atoms with E-state index in [1.165, 1.54) is 17.4 Å². The zero-order valence-electron chi connectivity index (χ0n) is 16.0. The highest BCUT2D eigenvalue weighted by atomic mass is 32.1. The van der Waals surface area contributed by atoms with Gasteiger partial charge in [-0.05, 0) is 49.2 Å². The average Bonchev–Trinajstić information content (AvgIpc) is 3.16. The zero-order chi connectivity index (χ0) is 20.4. The van der Waals surface area contributed by atoms with E-state index in [4.69, 9.17) is 9.15 Å². The molecule has 146 valence electrons. The van der Waals surface area contributed by atoms with Gasteiger partial charge in [0, 0.05) is 28.6 Å². The number of hydrogen-bond acceptors (Lipinski definition) is 7. The van der Waals surface area contributed by atoms with Gasteiger partial charge in [0.15, 0.2) is 0 Å². The summed E-state index contributed by atoms with van der Waals surface area (Å²) in [6.07, 6.45) is 1.76. The van der Waals surface area contributed by atoms with Gasteiger partial charge in [0.2, 0.25) is 0 Å². The predicted molar refractivity (Wildman–Crippen MR) is 111 cm³/mol. The van der Waals surface area contributed by atoms with Crippen molar-refractivity contribution in [2.45, 2.75) is 26.9 Å². The van der Waals surface area contributed by atoms with Crippen LogP contribution in [0.4, 0.5) is 0 Å². The third-order valence-corrected chi connectivity index (χ3v) is 5.51. The molecule has 0 N–H and O–H groups in total. The predicted octanol–water partition coefficient (Wildman–Crippen LogP) is 4.21. The Morgan fingerprint density at radius 2 is 2.00 bits per heavy atom. The van der Waals surface area contributed by atoms with Crippen LogP contribution in [0.3, 0.4) is 0 Å². The van der Waals surface area contributed by atoms with Crippen molar-refractivity contribution in [1.29, 1.82) is 0 Å². The van der Waals surface area contributed by atoms with Crippen LogP contribution in [-0.2, 0) is 22.6 Å². The quantitative estimate of drug-likeness (QED) is 0.365. The Labute approximate surface area is 170 Å². The van der Waals surface area contributed by atoms with Crippen LogP contribution in [0.1, 0.15) is 22.4 Å². The van der Waals surface area contributed by atoms with Crippen LogP contribution in [0.15, 0.2) is 57.2 Å². The summed E-state index contributed by atoms with van der Waals surface area (Å²) in [6, 6.07) is 10.7. The van der Waals surface area contributed by atoms with Crippen LogP contribution in [-0.4, -0.2) is 15.9 Å². The first kappa shape index (κ1) is 19.0. The topological polar surface area (TPSA) is 82.3 Å². The Morgan fingerprint density at radius 1 is 1.17 bits per heavy atom. The van der Waals surface area contributed by atoms with E-state index in [2.05, 4.69) is 9.97 Å². The third kappa shape index (κ3) is 4.25. The van der Waals surface area contributed by atoms with Crippen molar-refractivity contribution in [2.75, 3.05) is 0 Å². The Balaban J connectivity index is 1.47. The lowest BCUT2D eigenvalue weighted by Gasteiger charge is -2.09. The van der Waals surface area contributed by atoms with Crippen LogP contribution in [0, 0.1) is 13.8 Å². The smallest absolute Gasteiger partial charge is 0.336 e. The van der Waals surface area contributed by atoms with Crippen molar-refractivity contribution in [3.05, 3.63) is 80.8 Å². The fourth-order valence-corrected chi connectivity index (χ4v) is 3.75. The van der Waals surface area contributed by atoms with Gasteiger partial charge >= 0.3 is 11.6 Å². The molecule has 0 saturated heterocycles. The lowest BCUT2D eigenvalue weighted by Crippen LogP contribution is -2.10. The first-order chi connectivity index (χ1) is 14.0. The fraction of sp³-hybridized carbons (Fsp3) is 0.182. The van der Waals surface area contributed by atoms with Gasteiger partial charge < -0.3 is 9.15 Å². The van der Waals surface area contributed by atoms with Gasteiger partial charge in [0.25, 0.3) is 0 Å². The second kappa shape index (κ2) is 7.97. The van der Waals surface area contributed by atoms with Gasteiger partial charge in [-0.1, -0.05) is 6.07 Å². The molecule has 3 aromatic heterocycles. The number of rotatable bonds is 5. The SMILES string of the molecule is Cc1cc2oc(=O)cc(COC(=O)Cc3csc(-c4ccccn4)n3)c2cc1C. The summed E-state index contributed by atoms with van der Waals surface area (Å²) < 4.78 is 10.7. The number of carbonyl (C=O) groups excluding carboxylic acids is 1. The maximum atomic E-state index is 12.3. The van der Waals surface area contributed by atoms with Crippen molar-refractivity contribution in [3.63, 3.8) is 0 Å². The van der Waals surface area contributed by atoms with Crippen LogP contribution >= 0.6 is 11.3 Å². The largest absolute Gasteiger partial charge is 0.460 e. The molecule has 0 amide bonds. The maximum Gasteiger partial charge on any atom is 0.336 e. The molecule has 6 nitrogen and oxygen atoms in total. The minimum absolute atomic E-state index is 0.000664. The molecule has 0 aliphatic heterocycles. The molecule has 0 bridgehead atoms. The number of pyridine rings is 1. The number of thiazole rings is 1. The molecule has 0 aliphatic carbocycles.